The van der Waals surface area contributed by atoms with Gasteiger partial charge in [-0.05, 0) is 27.6 Å². The zero-order valence-corrected chi connectivity index (χ0v) is 9.88. The van der Waals surface area contributed by atoms with Crippen molar-refractivity contribution in [1.82, 2.24) is 15.2 Å². The molecule has 0 radical (unpaired) electrons. The van der Waals surface area contributed by atoms with Crippen molar-refractivity contribution < 1.29 is 0 Å². The van der Waals surface area contributed by atoms with Gasteiger partial charge in [0.15, 0.2) is 0 Å². The van der Waals surface area contributed by atoms with Gasteiger partial charge in [0.25, 0.3) is 0 Å². The number of halogens is 1. The number of anilines is 1. The number of fused-ring (bicyclic) bond motifs is 1. The number of nitrogen functional groups attached to an aromatic ring is 1. The van der Waals surface area contributed by atoms with Gasteiger partial charge in [-0.1, -0.05) is 12.1 Å². The number of aromatic amines is 2. The summed E-state index contributed by atoms with van der Waals surface area (Å²) in [5, 5.41) is 7.80. The van der Waals surface area contributed by atoms with Crippen LogP contribution in [0.5, 0.6) is 0 Å². The van der Waals surface area contributed by atoms with Gasteiger partial charge in [0.1, 0.15) is 5.82 Å². The lowest BCUT2D eigenvalue weighted by atomic mass is 10.1. The number of benzene rings is 1. The predicted octanol–water partition coefficient (Wildman–Crippen LogP) is 2.90. The van der Waals surface area contributed by atoms with Crippen molar-refractivity contribution in [3.8, 4) is 11.1 Å². The standard InChI is InChI=1S/C11H9BrN4/c12-9-5-14-10-3-6(1-2-7(9)10)8-4-15-16-11(8)13/h1-5,14H,(H3,13,15,16). The number of nitrogens with two attached hydrogens (primary N) is 1. The van der Waals surface area contributed by atoms with Gasteiger partial charge < -0.3 is 10.7 Å². The number of hydrogen-bond donors (Lipinski definition) is 3. The Morgan fingerprint density at radius 2 is 2.19 bits per heavy atom. The Bertz CT molecular complexity index is 653. The number of nitrogens with zero attached hydrogens (tertiary/aromatic N) is 1. The molecule has 2 heterocycles. The van der Waals surface area contributed by atoms with E-state index >= 15 is 0 Å². The van der Waals surface area contributed by atoms with Gasteiger partial charge in [-0.25, -0.2) is 0 Å². The number of rotatable bonds is 1. The van der Waals surface area contributed by atoms with E-state index in [0.29, 0.717) is 5.82 Å². The number of nitrogens with one attached hydrogen (secondary N) is 2. The second kappa shape index (κ2) is 3.38. The van der Waals surface area contributed by atoms with Gasteiger partial charge >= 0.3 is 0 Å². The quantitative estimate of drug-likeness (QED) is 0.640. The molecule has 0 atom stereocenters. The van der Waals surface area contributed by atoms with Crippen LogP contribution in [0.3, 0.4) is 0 Å². The monoisotopic (exact) mass is 276 g/mol. The maximum atomic E-state index is 5.78. The van der Waals surface area contributed by atoms with Crippen LogP contribution in [0.4, 0.5) is 5.82 Å². The van der Waals surface area contributed by atoms with Crippen molar-refractivity contribution in [2.24, 2.45) is 0 Å². The lowest BCUT2D eigenvalue weighted by molar-refractivity contribution is 1.10. The van der Waals surface area contributed by atoms with Crippen molar-refractivity contribution >= 4 is 32.7 Å². The molecule has 0 saturated carbocycles. The van der Waals surface area contributed by atoms with E-state index in [2.05, 4.69) is 43.2 Å². The first kappa shape index (κ1) is 9.47. The first-order valence-corrected chi connectivity index (χ1v) is 5.61. The second-order valence-electron chi connectivity index (χ2n) is 3.59. The van der Waals surface area contributed by atoms with E-state index in [4.69, 9.17) is 5.73 Å². The first-order chi connectivity index (χ1) is 7.75. The zero-order chi connectivity index (χ0) is 11.1. The fourth-order valence-corrected chi connectivity index (χ4v) is 2.24. The highest BCUT2D eigenvalue weighted by Gasteiger charge is 2.07. The van der Waals surface area contributed by atoms with E-state index in [1.165, 1.54) is 0 Å². The lowest BCUT2D eigenvalue weighted by Gasteiger charge is -1.99. The molecule has 0 aliphatic rings. The topological polar surface area (TPSA) is 70.5 Å². The Morgan fingerprint density at radius 3 is 2.94 bits per heavy atom. The summed E-state index contributed by atoms with van der Waals surface area (Å²) in [6.07, 6.45) is 3.65. The third-order valence-electron chi connectivity index (χ3n) is 2.61. The maximum absolute atomic E-state index is 5.78. The van der Waals surface area contributed by atoms with Crippen LogP contribution in [-0.2, 0) is 0 Å². The van der Waals surface area contributed by atoms with E-state index in [0.717, 1.165) is 26.5 Å². The molecular formula is C11H9BrN4. The van der Waals surface area contributed by atoms with E-state index in [1.54, 1.807) is 6.20 Å². The average molecular weight is 277 g/mol. The second-order valence-corrected chi connectivity index (χ2v) is 4.45. The highest BCUT2D eigenvalue weighted by Crippen LogP contribution is 2.30. The Labute approximate surface area is 100.0 Å². The number of H-pyrrole nitrogens is 2. The Hall–Kier alpha value is -1.75. The molecular weight excluding hydrogens is 268 g/mol. The Balaban J connectivity index is 2.23. The summed E-state index contributed by atoms with van der Waals surface area (Å²) in [6.45, 7) is 0. The molecule has 3 rings (SSSR count). The summed E-state index contributed by atoms with van der Waals surface area (Å²) in [7, 11) is 0. The predicted molar refractivity (Wildman–Crippen MR) is 68.0 cm³/mol. The van der Waals surface area contributed by atoms with E-state index in [9.17, 15) is 0 Å². The van der Waals surface area contributed by atoms with E-state index in [-0.39, 0.29) is 0 Å². The number of aromatic nitrogens is 3. The van der Waals surface area contributed by atoms with E-state index in [1.807, 2.05) is 12.3 Å². The third kappa shape index (κ3) is 1.32. The molecule has 1 aromatic carbocycles. The molecule has 3 aromatic rings. The van der Waals surface area contributed by atoms with Crippen LogP contribution in [0.25, 0.3) is 22.0 Å². The molecule has 2 aromatic heterocycles. The highest BCUT2D eigenvalue weighted by molar-refractivity contribution is 9.10. The van der Waals surface area contributed by atoms with Gasteiger partial charge in [0, 0.05) is 27.1 Å². The summed E-state index contributed by atoms with van der Waals surface area (Å²) in [5.41, 5.74) is 8.83. The van der Waals surface area contributed by atoms with Gasteiger partial charge in [-0.2, -0.15) is 5.10 Å². The largest absolute Gasteiger partial charge is 0.384 e. The third-order valence-corrected chi connectivity index (χ3v) is 3.27. The van der Waals surface area contributed by atoms with Gasteiger partial charge in [0.05, 0.1) is 6.20 Å². The molecule has 80 valence electrons. The molecule has 0 aliphatic carbocycles. The van der Waals surface area contributed by atoms with Crippen molar-refractivity contribution in [1.29, 1.82) is 0 Å². The lowest BCUT2D eigenvalue weighted by Crippen LogP contribution is -1.87. The van der Waals surface area contributed by atoms with Crippen molar-refractivity contribution in [3.63, 3.8) is 0 Å². The normalized spacial score (nSPS) is 11.1. The van der Waals surface area contributed by atoms with Crippen LogP contribution in [0.2, 0.25) is 0 Å². The SMILES string of the molecule is Nc1[nH]ncc1-c1ccc2c(Br)c[nH]c2c1. The minimum Gasteiger partial charge on any atom is -0.384 e. The number of hydrogen-bond acceptors (Lipinski definition) is 2. The molecule has 0 bridgehead atoms. The summed E-state index contributed by atoms with van der Waals surface area (Å²) >= 11 is 3.48. The van der Waals surface area contributed by atoms with Crippen molar-refractivity contribution in [2.75, 3.05) is 5.73 Å². The van der Waals surface area contributed by atoms with Crippen molar-refractivity contribution in [3.05, 3.63) is 35.1 Å². The van der Waals surface area contributed by atoms with Crippen LogP contribution in [-0.4, -0.2) is 15.2 Å². The molecule has 4 nitrogen and oxygen atoms in total. The summed E-state index contributed by atoms with van der Waals surface area (Å²) in [6, 6.07) is 6.14. The molecule has 0 saturated heterocycles. The molecule has 0 fully saturated rings. The molecule has 16 heavy (non-hydrogen) atoms. The van der Waals surface area contributed by atoms with Gasteiger partial charge in [-0.15, -0.1) is 0 Å². The molecule has 0 amide bonds. The molecule has 4 N–H and O–H groups in total. The summed E-state index contributed by atoms with van der Waals surface area (Å²) < 4.78 is 1.06. The maximum Gasteiger partial charge on any atom is 0.126 e. The molecule has 0 spiro atoms. The van der Waals surface area contributed by atoms with Crippen LogP contribution < -0.4 is 5.73 Å². The first-order valence-electron chi connectivity index (χ1n) is 4.81. The highest BCUT2D eigenvalue weighted by atomic mass is 79.9. The van der Waals surface area contributed by atoms with Gasteiger partial charge in [0.2, 0.25) is 0 Å². The van der Waals surface area contributed by atoms with Gasteiger partial charge in [-0.3, -0.25) is 5.10 Å². The fraction of sp³-hybridized carbons (Fsp3) is 0. The van der Waals surface area contributed by atoms with E-state index < -0.39 is 0 Å². The summed E-state index contributed by atoms with van der Waals surface area (Å²) in [4.78, 5) is 3.19. The van der Waals surface area contributed by atoms with Crippen LogP contribution in [0.15, 0.2) is 35.1 Å². The Morgan fingerprint density at radius 1 is 1.31 bits per heavy atom. The van der Waals surface area contributed by atoms with Crippen LogP contribution in [0, 0.1) is 0 Å². The molecule has 5 heteroatoms. The van der Waals surface area contributed by atoms with Crippen LogP contribution in [0.1, 0.15) is 0 Å². The molecule has 0 unspecified atom stereocenters. The Kier molecular flexibility index (Phi) is 2.00. The minimum absolute atomic E-state index is 0.588. The average Bonchev–Trinajstić information content (AvgIpc) is 2.86. The minimum atomic E-state index is 0.588. The smallest absolute Gasteiger partial charge is 0.126 e. The van der Waals surface area contributed by atoms with Crippen LogP contribution >= 0.6 is 15.9 Å². The van der Waals surface area contributed by atoms with Crippen molar-refractivity contribution in [2.45, 2.75) is 0 Å². The summed E-state index contributed by atoms with van der Waals surface area (Å²) in [5.74, 6) is 0.588. The zero-order valence-electron chi connectivity index (χ0n) is 8.29. The fourth-order valence-electron chi connectivity index (χ4n) is 1.78. The molecule has 0 aliphatic heterocycles.